The van der Waals surface area contributed by atoms with Crippen LogP contribution in [-0.2, 0) is 0 Å². The van der Waals surface area contributed by atoms with E-state index in [1.807, 2.05) is 72.9 Å². The summed E-state index contributed by atoms with van der Waals surface area (Å²) in [5, 5.41) is 1.04. The topological polar surface area (TPSA) is 67.9 Å². The third kappa shape index (κ3) is 4.57. The lowest BCUT2D eigenvalue weighted by Crippen LogP contribution is -2.30. The van der Waals surface area contributed by atoms with Crippen molar-refractivity contribution in [3.63, 3.8) is 0 Å². The number of para-hydroxylation sites is 2. The second kappa shape index (κ2) is 11.5. The highest BCUT2D eigenvalue weighted by Crippen LogP contribution is 2.54. The molecular weight excluding hydrogens is 615 g/mol. The Hall–Kier alpha value is -6.66. The van der Waals surface area contributed by atoms with Crippen molar-refractivity contribution in [2.75, 3.05) is 4.90 Å². The van der Waals surface area contributed by atoms with Gasteiger partial charge in [0, 0.05) is 57.3 Å². The minimum Gasteiger partial charge on any atom is -0.456 e. The Morgan fingerprint density at radius 1 is 0.580 bits per heavy atom. The van der Waals surface area contributed by atoms with Gasteiger partial charge in [-0.15, -0.1) is 0 Å². The number of benzene rings is 5. The molecular formula is C44H29N5O. The minimum atomic E-state index is 0.0581. The Bertz CT molecular complexity index is 2490. The first-order chi connectivity index (χ1) is 24.8. The van der Waals surface area contributed by atoms with Crippen LogP contribution in [0.25, 0.3) is 62.3 Å². The van der Waals surface area contributed by atoms with Crippen LogP contribution in [0.15, 0.2) is 162 Å². The predicted molar refractivity (Wildman–Crippen MR) is 199 cm³/mol. The Morgan fingerprint density at radius 3 is 1.92 bits per heavy atom. The largest absolute Gasteiger partial charge is 0.456 e. The molecule has 0 saturated carbocycles. The number of nitrogens with zero attached hydrogens (tertiary/aromatic N) is 5. The summed E-state index contributed by atoms with van der Waals surface area (Å²) in [5.41, 5.74) is 10.3. The van der Waals surface area contributed by atoms with E-state index in [9.17, 15) is 0 Å². The maximum atomic E-state index is 6.90. The molecule has 0 N–H and O–H groups in total. The van der Waals surface area contributed by atoms with Gasteiger partial charge < -0.3 is 9.32 Å². The Morgan fingerprint density at radius 2 is 1.22 bits per heavy atom. The first-order valence-corrected chi connectivity index (χ1v) is 16.8. The Balaban J connectivity index is 1.24. The second-order valence-electron chi connectivity index (χ2n) is 12.7. The molecule has 0 bridgehead atoms. The van der Waals surface area contributed by atoms with Gasteiger partial charge in [0.05, 0.1) is 11.6 Å². The highest BCUT2D eigenvalue weighted by molar-refractivity contribution is 6.00. The van der Waals surface area contributed by atoms with Crippen molar-refractivity contribution in [1.82, 2.24) is 19.9 Å². The quantitative estimate of drug-likeness (QED) is 0.186. The summed E-state index contributed by atoms with van der Waals surface area (Å²) >= 11 is 0. The number of rotatable bonds is 5. The van der Waals surface area contributed by atoms with Crippen LogP contribution in [0.2, 0.25) is 0 Å². The van der Waals surface area contributed by atoms with E-state index in [1.54, 1.807) is 6.20 Å². The molecule has 4 heterocycles. The van der Waals surface area contributed by atoms with E-state index in [2.05, 4.69) is 94.8 Å². The lowest BCUT2D eigenvalue weighted by atomic mass is 9.82. The van der Waals surface area contributed by atoms with Crippen LogP contribution in [0.5, 0.6) is 0 Å². The maximum absolute atomic E-state index is 6.90. The molecule has 6 heteroatoms. The molecule has 236 valence electrons. The molecule has 0 saturated heterocycles. The van der Waals surface area contributed by atoms with Crippen molar-refractivity contribution >= 4 is 28.4 Å². The number of aromatic nitrogens is 4. The highest BCUT2D eigenvalue weighted by Gasteiger charge is 2.43. The molecule has 2 aliphatic rings. The van der Waals surface area contributed by atoms with E-state index in [-0.39, 0.29) is 12.0 Å². The van der Waals surface area contributed by atoms with E-state index in [4.69, 9.17) is 19.4 Å². The fraction of sp³-hybridized carbons (Fsp3) is 0.0455. The maximum Gasteiger partial charge on any atom is 0.167 e. The summed E-state index contributed by atoms with van der Waals surface area (Å²) in [6, 6.07) is 48.0. The number of furan rings is 1. The molecule has 1 aliphatic heterocycles. The number of fused-ring (bicyclic) bond motifs is 7. The van der Waals surface area contributed by atoms with E-state index < -0.39 is 0 Å². The fourth-order valence-corrected chi connectivity index (χ4v) is 7.55. The molecule has 0 spiro atoms. The Labute approximate surface area is 289 Å². The molecule has 1 aliphatic carbocycles. The molecule has 5 aromatic carbocycles. The summed E-state index contributed by atoms with van der Waals surface area (Å²) in [4.78, 5) is 22.1. The van der Waals surface area contributed by atoms with Crippen molar-refractivity contribution in [2.24, 2.45) is 0 Å². The molecule has 2 unspecified atom stereocenters. The number of hydrogen-bond donors (Lipinski definition) is 0. The molecule has 0 fully saturated rings. The third-order valence-electron chi connectivity index (χ3n) is 9.75. The van der Waals surface area contributed by atoms with Crippen LogP contribution in [0.3, 0.4) is 0 Å². The van der Waals surface area contributed by atoms with Crippen molar-refractivity contribution < 1.29 is 4.42 Å². The molecule has 10 rings (SSSR count). The van der Waals surface area contributed by atoms with Crippen molar-refractivity contribution in [3.8, 4) is 45.3 Å². The van der Waals surface area contributed by atoms with E-state index >= 15 is 0 Å². The van der Waals surface area contributed by atoms with E-state index in [0.717, 1.165) is 50.2 Å². The fourth-order valence-electron chi connectivity index (χ4n) is 7.55. The molecule has 3 aromatic heterocycles. The van der Waals surface area contributed by atoms with Gasteiger partial charge in [0.25, 0.3) is 0 Å². The molecule has 0 radical (unpaired) electrons. The summed E-state index contributed by atoms with van der Waals surface area (Å²) in [6.45, 7) is 0. The standard InChI is InChI=1S/C44H29N5O/c1-4-13-28(14-5-1)42-46-43(29-15-6-2-7-16-29)48-44(47-42)35-26-31(30-17-12-24-45-27-30)25-34-40-38(50-41(34)35)23-22-37-39(40)33-20-10-11-21-36(33)49(37)32-18-8-3-9-19-32/h1-27,37,39H. The lowest BCUT2D eigenvalue weighted by Gasteiger charge is -2.30. The summed E-state index contributed by atoms with van der Waals surface area (Å²) in [7, 11) is 0. The SMILES string of the molecule is C1=CC2C(c3ccccc3N2c2ccccc2)c2c1oc1c(-c3nc(-c4ccccc4)nc(-c4ccccc4)n3)cc(-c3cccnc3)cc21. The van der Waals surface area contributed by atoms with Gasteiger partial charge in [0.15, 0.2) is 17.5 Å². The van der Waals surface area contributed by atoms with Crippen LogP contribution in [0.4, 0.5) is 11.4 Å². The van der Waals surface area contributed by atoms with Crippen molar-refractivity contribution in [2.45, 2.75) is 12.0 Å². The zero-order chi connectivity index (χ0) is 33.0. The predicted octanol–water partition coefficient (Wildman–Crippen LogP) is 10.4. The monoisotopic (exact) mass is 643 g/mol. The van der Waals surface area contributed by atoms with Gasteiger partial charge in [0.1, 0.15) is 11.3 Å². The molecule has 8 aromatic rings. The lowest BCUT2D eigenvalue weighted by molar-refractivity contribution is 0.584. The molecule has 6 nitrogen and oxygen atoms in total. The van der Waals surface area contributed by atoms with E-state index in [1.165, 1.54) is 16.8 Å². The zero-order valence-electron chi connectivity index (χ0n) is 26.9. The van der Waals surface area contributed by atoms with Crippen LogP contribution < -0.4 is 4.90 Å². The molecule has 50 heavy (non-hydrogen) atoms. The van der Waals surface area contributed by atoms with Crippen LogP contribution in [0.1, 0.15) is 22.8 Å². The van der Waals surface area contributed by atoms with Gasteiger partial charge in [0.2, 0.25) is 0 Å². The van der Waals surface area contributed by atoms with Gasteiger partial charge in [-0.2, -0.15) is 0 Å². The number of hydrogen-bond acceptors (Lipinski definition) is 6. The summed E-state index contributed by atoms with van der Waals surface area (Å²) in [6.07, 6.45) is 8.13. The second-order valence-corrected chi connectivity index (χ2v) is 12.7. The summed E-state index contributed by atoms with van der Waals surface area (Å²) in [5.74, 6) is 2.68. The van der Waals surface area contributed by atoms with Crippen molar-refractivity contribution in [3.05, 3.63) is 175 Å². The number of pyridine rings is 1. The van der Waals surface area contributed by atoms with Gasteiger partial charge in [-0.05, 0) is 53.6 Å². The van der Waals surface area contributed by atoms with Crippen LogP contribution in [-0.4, -0.2) is 26.0 Å². The minimum absolute atomic E-state index is 0.0581. The number of anilines is 2. The first kappa shape index (κ1) is 28.4. The van der Waals surface area contributed by atoms with Crippen LogP contribution in [0, 0.1) is 0 Å². The average Bonchev–Trinajstić information content (AvgIpc) is 3.74. The van der Waals surface area contributed by atoms with Gasteiger partial charge >= 0.3 is 0 Å². The third-order valence-corrected chi connectivity index (χ3v) is 9.75. The van der Waals surface area contributed by atoms with Gasteiger partial charge in [-0.25, -0.2) is 15.0 Å². The first-order valence-electron chi connectivity index (χ1n) is 16.8. The van der Waals surface area contributed by atoms with Crippen LogP contribution >= 0.6 is 0 Å². The summed E-state index contributed by atoms with van der Waals surface area (Å²) < 4.78 is 6.90. The molecule has 2 atom stereocenters. The smallest absolute Gasteiger partial charge is 0.167 e. The average molecular weight is 644 g/mol. The van der Waals surface area contributed by atoms with Gasteiger partial charge in [-0.1, -0.05) is 109 Å². The van der Waals surface area contributed by atoms with Crippen molar-refractivity contribution in [1.29, 1.82) is 0 Å². The zero-order valence-corrected chi connectivity index (χ0v) is 26.9. The van der Waals surface area contributed by atoms with Gasteiger partial charge in [-0.3, -0.25) is 4.98 Å². The normalized spacial score (nSPS) is 15.9. The highest BCUT2D eigenvalue weighted by atomic mass is 16.3. The molecule has 0 amide bonds. The van der Waals surface area contributed by atoms with E-state index in [0.29, 0.717) is 17.5 Å². The Kier molecular flexibility index (Phi) is 6.52.